The topological polar surface area (TPSA) is 26.3 Å². The SMILES string of the molecule is C[C@H]1CCC(Cl)C[C@@H]1C(=O)OC(C)(C)C. The zero-order chi connectivity index (χ0) is 11.6. The van der Waals surface area contributed by atoms with E-state index >= 15 is 0 Å². The van der Waals surface area contributed by atoms with Gasteiger partial charge in [-0.2, -0.15) is 0 Å². The molecular weight excluding hydrogens is 212 g/mol. The first kappa shape index (κ1) is 12.8. The molecule has 0 aromatic heterocycles. The van der Waals surface area contributed by atoms with Crippen LogP contribution in [0.1, 0.15) is 47.0 Å². The van der Waals surface area contributed by atoms with E-state index in [0.29, 0.717) is 5.92 Å². The van der Waals surface area contributed by atoms with Crippen LogP contribution < -0.4 is 0 Å². The van der Waals surface area contributed by atoms with E-state index < -0.39 is 5.60 Å². The summed E-state index contributed by atoms with van der Waals surface area (Å²) in [5.74, 6) is 0.302. The number of hydrogen-bond acceptors (Lipinski definition) is 2. The molecule has 0 aromatic rings. The van der Waals surface area contributed by atoms with Crippen LogP contribution in [0.25, 0.3) is 0 Å². The van der Waals surface area contributed by atoms with Crippen LogP contribution in [-0.2, 0) is 9.53 Å². The fourth-order valence-electron chi connectivity index (χ4n) is 1.98. The van der Waals surface area contributed by atoms with Gasteiger partial charge in [0, 0.05) is 5.38 Å². The molecule has 1 fully saturated rings. The van der Waals surface area contributed by atoms with Crippen LogP contribution in [0.4, 0.5) is 0 Å². The highest BCUT2D eigenvalue weighted by Gasteiger charge is 2.34. The monoisotopic (exact) mass is 232 g/mol. The Morgan fingerprint density at radius 1 is 1.33 bits per heavy atom. The molecule has 1 unspecified atom stereocenters. The van der Waals surface area contributed by atoms with Gasteiger partial charge in [-0.15, -0.1) is 11.6 Å². The number of halogens is 1. The van der Waals surface area contributed by atoms with Gasteiger partial charge >= 0.3 is 5.97 Å². The first-order valence-electron chi connectivity index (χ1n) is 5.66. The number of rotatable bonds is 1. The van der Waals surface area contributed by atoms with Crippen molar-refractivity contribution in [1.82, 2.24) is 0 Å². The molecule has 15 heavy (non-hydrogen) atoms. The molecule has 1 rings (SSSR count). The van der Waals surface area contributed by atoms with E-state index in [2.05, 4.69) is 6.92 Å². The van der Waals surface area contributed by atoms with Crippen LogP contribution in [-0.4, -0.2) is 16.9 Å². The van der Waals surface area contributed by atoms with Crippen molar-refractivity contribution in [1.29, 1.82) is 0 Å². The van der Waals surface area contributed by atoms with E-state index in [0.717, 1.165) is 19.3 Å². The number of alkyl halides is 1. The molecule has 0 N–H and O–H groups in total. The van der Waals surface area contributed by atoms with Gasteiger partial charge < -0.3 is 4.74 Å². The van der Waals surface area contributed by atoms with Crippen molar-refractivity contribution in [3.05, 3.63) is 0 Å². The normalized spacial score (nSPS) is 32.5. The minimum absolute atomic E-state index is 0.0134. The smallest absolute Gasteiger partial charge is 0.309 e. The first-order valence-corrected chi connectivity index (χ1v) is 6.10. The maximum Gasteiger partial charge on any atom is 0.309 e. The Labute approximate surface area is 97.3 Å². The zero-order valence-electron chi connectivity index (χ0n) is 10.0. The fourth-order valence-corrected chi connectivity index (χ4v) is 2.29. The van der Waals surface area contributed by atoms with Crippen LogP contribution in [0, 0.1) is 11.8 Å². The largest absolute Gasteiger partial charge is 0.460 e. The van der Waals surface area contributed by atoms with Crippen LogP contribution in [0.5, 0.6) is 0 Å². The van der Waals surface area contributed by atoms with Gasteiger partial charge in [0.05, 0.1) is 5.92 Å². The van der Waals surface area contributed by atoms with Gasteiger partial charge in [0.2, 0.25) is 0 Å². The van der Waals surface area contributed by atoms with Crippen molar-refractivity contribution in [3.8, 4) is 0 Å². The second-order valence-electron chi connectivity index (χ2n) is 5.53. The van der Waals surface area contributed by atoms with Crippen molar-refractivity contribution in [3.63, 3.8) is 0 Å². The average molecular weight is 233 g/mol. The van der Waals surface area contributed by atoms with Crippen molar-refractivity contribution in [2.24, 2.45) is 11.8 Å². The van der Waals surface area contributed by atoms with Gasteiger partial charge in [0.15, 0.2) is 0 Å². The van der Waals surface area contributed by atoms with Crippen LogP contribution >= 0.6 is 11.6 Å². The minimum Gasteiger partial charge on any atom is -0.460 e. The summed E-state index contributed by atoms with van der Waals surface area (Å²) >= 11 is 6.08. The number of hydrogen-bond donors (Lipinski definition) is 0. The second-order valence-corrected chi connectivity index (χ2v) is 6.14. The standard InChI is InChI=1S/C12H21ClO2/c1-8-5-6-9(13)7-10(8)11(14)15-12(2,3)4/h8-10H,5-7H2,1-4H3/t8-,9?,10-/m0/s1. The summed E-state index contributed by atoms with van der Waals surface area (Å²) in [6.07, 6.45) is 2.80. The molecule has 3 heteroatoms. The Hall–Kier alpha value is -0.240. The Morgan fingerprint density at radius 2 is 1.93 bits per heavy atom. The van der Waals surface area contributed by atoms with Crippen molar-refractivity contribution < 1.29 is 9.53 Å². The summed E-state index contributed by atoms with van der Waals surface area (Å²) in [6.45, 7) is 7.81. The highest BCUT2D eigenvalue weighted by Crippen LogP contribution is 2.34. The lowest BCUT2D eigenvalue weighted by Gasteiger charge is -2.32. The molecule has 1 aliphatic carbocycles. The van der Waals surface area contributed by atoms with Crippen molar-refractivity contribution >= 4 is 17.6 Å². The number of carbonyl (C=O) groups excluding carboxylic acids is 1. The van der Waals surface area contributed by atoms with Gasteiger partial charge in [-0.1, -0.05) is 6.92 Å². The average Bonchev–Trinajstić information content (AvgIpc) is 2.06. The summed E-state index contributed by atoms with van der Waals surface area (Å²) in [7, 11) is 0. The Bertz CT molecular complexity index is 232. The molecule has 0 bridgehead atoms. The van der Waals surface area contributed by atoms with Crippen LogP contribution in [0.15, 0.2) is 0 Å². The third kappa shape index (κ3) is 4.02. The molecule has 0 saturated heterocycles. The van der Waals surface area contributed by atoms with Gasteiger partial charge in [-0.25, -0.2) is 0 Å². The summed E-state index contributed by atoms with van der Waals surface area (Å²) in [4.78, 5) is 11.9. The molecule has 88 valence electrons. The predicted octanol–water partition coefficient (Wildman–Crippen LogP) is 3.37. The van der Waals surface area contributed by atoms with E-state index in [1.807, 2.05) is 20.8 Å². The molecular formula is C12H21ClO2. The molecule has 0 radical (unpaired) electrons. The number of carbonyl (C=O) groups is 1. The lowest BCUT2D eigenvalue weighted by Crippen LogP contribution is -2.35. The van der Waals surface area contributed by atoms with Crippen LogP contribution in [0.3, 0.4) is 0 Å². The molecule has 0 aromatic carbocycles. The summed E-state index contributed by atoms with van der Waals surface area (Å²) in [6, 6.07) is 0. The number of esters is 1. The quantitative estimate of drug-likeness (QED) is 0.512. The van der Waals surface area contributed by atoms with Gasteiger partial charge in [0.25, 0.3) is 0 Å². The predicted molar refractivity (Wildman–Crippen MR) is 62.0 cm³/mol. The van der Waals surface area contributed by atoms with E-state index in [1.54, 1.807) is 0 Å². The van der Waals surface area contributed by atoms with Gasteiger partial charge in [-0.05, 0) is 46.0 Å². The van der Waals surface area contributed by atoms with E-state index in [-0.39, 0.29) is 17.3 Å². The second kappa shape index (κ2) is 4.73. The molecule has 0 aliphatic heterocycles. The highest BCUT2D eigenvalue weighted by molar-refractivity contribution is 6.20. The lowest BCUT2D eigenvalue weighted by molar-refractivity contribution is -0.162. The van der Waals surface area contributed by atoms with Crippen molar-refractivity contribution in [2.75, 3.05) is 0 Å². The Morgan fingerprint density at radius 3 is 2.47 bits per heavy atom. The molecule has 1 aliphatic rings. The van der Waals surface area contributed by atoms with E-state index in [9.17, 15) is 4.79 Å². The third-order valence-corrected chi connectivity index (χ3v) is 3.24. The molecule has 3 atom stereocenters. The highest BCUT2D eigenvalue weighted by atomic mass is 35.5. The fraction of sp³-hybridized carbons (Fsp3) is 0.917. The third-order valence-electron chi connectivity index (χ3n) is 2.84. The Balaban J connectivity index is 2.57. The Kier molecular flexibility index (Phi) is 4.05. The van der Waals surface area contributed by atoms with Crippen LogP contribution in [0.2, 0.25) is 0 Å². The molecule has 0 spiro atoms. The molecule has 1 saturated carbocycles. The molecule has 2 nitrogen and oxygen atoms in total. The summed E-state index contributed by atoms with van der Waals surface area (Å²) < 4.78 is 5.40. The lowest BCUT2D eigenvalue weighted by atomic mass is 9.80. The van der Waals surface area contributed by atoms with E-state index in [4.69, 9.17) is 16.3 Å². The zero-order valence-corrected chi connectivity index (χ0v) is 10.8. The molecule has 0 amide bonds. The summed E-state index contributed by atoms with van der Waals surface area (Å²) in [5.41, 5.74) is -0.393. The molecule has 0 heterocycles. The maximum atomic E-state index is 11.9. The number of ether oxygens (including phenoxy) is 1. The minimum atomic E-state index is -0.393. The summed E-state index contributed by atoms with van der Waals surface area (Å²) in [5, 5.41) is 0.138. The maximum absolute atomic E-state index is 11.9. The van der Waals surface area contributed by atoms with Gasteiger partial charge in [0.1, 0.15) is 5.60 Å². The van der Waals surface area contributed by atoms with E-state index in [1.165, 1.54) is 0 Å². The van der Waals surface area contributed by atoms with Crippen molar-refractivity contribution in [2.45, 2.75) is 57.9 Å². The van der Waals surface area contributed by atoms with Gasteiger partial charge in [-0.3, -0.25) is 4.79 Å². The first-order chi connectivity index (χ1) is 6.79.